The number of benzene rings is 7. The Labute approximate surface area is 304 Å². The minimum absolute atomic E-state index is 0.107. The van der Waals surface area contributed by atoms with Crippen molar-refractivity contribution in [2.75, 3.05) is 4.90 Å². The summed E-state index contributed by atoms with van der Waals surface area (Å²) in [5.41, 5.74) is 13.3. The van der Waals surface area contributed by atoms with Gasteiger partial charge in [-0.2, -0.15) is 0 Å². The van der Waals surface area contributed by atoms with Crippen LogP contribution >= 0.6 is 11.3 Å². The Balaban J connectivity index is 1.26. The van der Waals surface area contributed by atoms with Crippen LogP contribution in [0.5, 0.6) is 0 Å². The van der Waals surface area contributed by atoms with Crippen molar-refractivity contribution in [2.45, 2.75) is 57.3 Å². The maximum absolute atomic E-state index is 2.57. The molecule has 1 fully saturated rings. The molecule has 1 aromatic heterocycles. The molecule has 2 aliphatic carbocycles. The molecule has 248 valence electrons. The van der Waals surface area contributed by atoms with Crippen molar-refractivity contribution in [3.63, 3.8) is 0 Å². The smallest absolute Gasteiger partial charge is 0.0555 e. The molecule has 0 amide bonds. The van der Waals surface area contributed by atoms with E-state index in [1.54, 1.807) is 5.56 Å². The highest BCUT2D eigenvalue weighted by molar-refractivity contribution is 7.26. The molecule has 0 aliphatic heterocycles. The average molecular weight is 676 g/mol. The van der Waals surface area contributed by atoms with Crippen LogP contribution in [0.1, 0.15) is 68.6 Å². The minimum atomic E-state index is -0.107. The molecular weight excluding hydrogens is 635 g/mol. The predicted octanol–water partition coefficient (Wildman–Crippen LogP) is 14.7. The van der Waals surface area contributed by atoms with Crippen LogP contribution in [0.15, 0.2) is 146 Å². The maximum Gasteiger partial charge on any atom is 0.0555 e. The molecule has 0 spiro atoms. The lowest BCUT2D eigenvalue weighted by Crippen LogP contribution is -2.17. The van der Waals surface area contributed by atoms with Crippen molar-refractivity contribution >= 4 is 59.3 Å². The van der Waals surface area contributed by atoms with Crippen molar-refractivity contribution in [2.24, 2.45) is 0 Å². The van der Waals surface area contributed by atoms with Gasteiger partial charge in [0, 0.05) is 36.8 Å². The van der Waals surface area contributed by atoms with Crippen molar-refractivity contribution in [1.82, 2.24) is 0 Å². The second-order valence-corrected chi connectivity index (χ2v) is 16.2. The van der Waals surface area contributed by atoms with Crippen LogP contribution in [-0.2, 0) is 5.41 Å². The molecule has 51 heavy (non-hydrogen) atoms. The van der Waals surface area contributed by atoms with Crippen LogP contribution in [0.25, 0.3) is 53.2 Å². The summed E-state index contributed by atoms with van der Waals surface area (Å²) in [6, 6.07) is 54.8. The number of rotatable bonds is 5. The van der Waals surface area contributed by atoms with Gasteiger partial charge in [-0.3, -0.25) is 0 Å². The van der Waals surface area contributed by atoms with Crippen LogP contribution in [0.2, 0.25) is 0 Å². The topological polar surface area (TPSA) is 3.24 Å². The standard InChI is InChI=1S/C49H41NS/c1-49(2)41-23-13-22-37(32-15-5-3-6-16-32)47(41)38-28-27-36(31-42(38)49)50(43-24-14-26-46-48(43)39-21-11-12-25-45(39)51-46)44-30-35-20-10-9-19-34(35)29-40(44)33-17-7-4-8-18-33/h4,7-14,17-32H,3,5-6,15-16H2,1-2H3. The number of anilines is 3. The normalized spacial score (nSPS) is 15.3. The van der Waals surface area contributed by atoms with E-state index < -0.39 is 0 Å². The summed E-state index contributed by atoms with van der Waals surface area (Å²) in [7, 11) is 0. The summed E-state index contributed by atoms with van der Waals surface area (Å²) < 4.78 is 2.63. The number of thiophene rings is 1. The first-order valence-electron chi connectivity index (χ1n) is 18.6. The fourth-order valence-corrected chi connectivity index (χ4v) is 10.4. The summed E-state index contributed by atoms with van der Waals surface area (Å²) in [5, 5.41) is 5.12. The fraction of sp³-hybridized carbons (Fsp3) is 0.184. The lowest BCUT2D eigenvalue weighted by atomic mass is 9.78. The summed E-state index contributed by atoms with van der Waals surface area (Å²) in [4.78, 5) is 2.57. The van der Waals surface area contributed by atoms with E-state index in [2.05, 4.69) is 164 Å². The van der Waals surface area contributed by atoms with Gasteiger partial charge in [0.05, 0.1) is 11.4 Å². The molecule has 0 N–H and O–H groups in total. The van der Waals surface area contributed by atoms with Gasteiger partial charge in [-0.05, 0) is 105 Å². The number of hydrogen-bond acceptors (Lipinski definition) is 2. The van der Waals surface area contributed by atoms with Crippen LogP contribution in [-0.4, -0.2) is 0 Å². The highest BCUT2D eigenvalue weighted by Gasteiger charge is 2.38. The molecule has 0 bridgehead atoms. The van der Waals surface area contributed by atoms with E-state index in [0.29, 0.717) is 5.92 Å². The van der Waals surface area contributed by atoms with E-state index >= 15 is 0 Å². The molecule has 10 rings (SSSR count). The zero-order valence-corrected chi connectivity index (χ0v) is 30.1. The molecule has 7 aromatic carbocycles. The molecular formula is C49H41NS. The molecule has 1 heterocycles. The molecule has 2 aliphatic rings. The van der Waals surface area contributed by atoms with Gasteiger partial charge in [0.1, 0.15) is 0 Å². The van der Waals surface area contributed by atoms with Gasteiger partial charge in [-0.1, -0.05) is 136 Å². The quantitative estimate of drug-likeness (QED) is 0.175. The van der Waals surface area contributed by atoms with Crippen LogP contribution in [0.3, 0.4) is 0 Å². The molecule has 0 unspecified atom stereocenters. The Morgan fingerprint density at radius 2 is 1.29 bits per heavy atom. The first kappa shape index (κ1) is 30.6. The molecule has 0 radical (unpaired) electrons. The Bertz CT molecular complexity index is 2600. The zero-order chi connectivity index (χ0) is 34.1. The van der Waals surface area contributed by atoms with Gasteiger partial charge >= 0.3 is 0 Å². The lowest BCUT2D eigenvalue weighted by Gasteiger charge is -2.31. The van der Waals surface area contributed by atoms with E-state index in [4.69, 9.17) is 0 Å². The van der Waals surface area contributed by atoms with E-state index in [9.17, 15) is 0 Å². The molecule has 1 nitrogen and oxygen atoms in total. The molecule has 8 aromatic rings. The third-order valence-electron chi connectivity index (χ3n) is 11.8. The minimum Gasteiger partial charge on any atom is -0.309 e. The Morgan fingerprint density at radius 1 is 0.569 bits per heavy atom. The molecule has 0 saturated heterocycles. The van der Waals surface area contributed by atoms with E-state index in [-0.39, 0.29) is 5.41 Å². The van der Waals surface area contributed by atoms with Gasteiger partial charge in [-0.15, -0.1) is 11.3 Å². The average Bonchev–Trinajstić information content (AvgIpc) is 3.68. The first-order chi connectivity index (χ1) is 25.1. The Kier molecular flexibility index (Phi) is 7.18. The van der Waals surface area contributed by atoms with Gasteiger partial charge in [-0.25, -0.2) is 0 Å². The zero-order valence-electron chi connectivity index (χ0n) is 29.3. The van der Waals surface area contributed by atoms with Gasteiger partial charge < -0.3 is 4.90 Å². The molecule has 1 saturated carbocycles. The number of nitrogens with zero attached hydrogens (tertiary/aromatic N) is 1. The van der Waals surface area contributed by atoms with Crippen molar-refractivity contribution in [3.8, 4) is 22.3 Å². The largest absolute Gasteiger partial charge is 0.309 e. The van der Waals surface area contributed by atoms with Crippen LogP contribution in [0, 0.1) is 0 Å². The van der Waals surface area contributed by atoms with Crippen molar-refractivity contribution in [3.05, 3.63) is 162 Å². The summed E-state index contributed by atoms with van der Waals surface area (Å²) in [6.45, 7) is 4.88. The third-order valence-corrected chi connectivity index (χ3v) is 13.0. The van der Waals surface area contributed by atoms with Crippen molar-refractivity contribution < 1.29 is 0 Å². The van der Waals surface area contributed by atoms with Gasteiger partial charge in [0.15, 0.2) is 0 Å². The summed E-state index contributed by atoms with van der Waals surface area (Å²) >= 11 is 1.89. The monoisotopic (exact) mass is 675 g/mol. The lowest BCUT2D eigenvalue weighted by molar-refractivity contribution is 0.444. The Hall–Kier alpha value is -5.18. The van der Waals surface area contributed by atoms with E-state index in [0.717, 1.165) is 0 Å². The fourth-order valence-electron chi connectivity index (χ4n) is 9.31. The second kappa shape index (κ2) is 12.0. The SMILES string of the molecule is CC1(C)c2cc(N(c3cc4ccccc4cc3-c3ccccc3)c3cccc4sc5ccccc5c34)ccc2-c2c(C3CCCCC3)cccc21. The Morgan fingerprint density at radius 3 is 2.14 bits per heavy atom. The van der Waals surface area contributed by atoms with E-state index in [1.807, 2.05) is 11.3 Å². The highest BCUT2D eigenvalue weighted by atomic mass is 32.1. The summed E-state index contributed by atoms with van der Waals surface area (Å²) in [5.74, 6) is 0.655. The second-order valence-electron chi connectivity index (χ2n) is 15.1. The van der Waals surface area contributed by atoms with E-state index in [1.165, 1.54) is 113 Å². The summed E-state index contributed by atoms with van der Waals surface area (Å²) in [6.07, 6.45) is 6.67. The third kappa shape index (κ3) is 4.88. The van der Waals surface area contributed by atoms with Gasteiger partial charge in [0.25, 0.3) is 0 Å². The van der Waals surface area contributed by atoms with Crippen LogP contribution < -0.4 is 4.90 Å². The number of hydrogen-bond donors (Lipinski definition) is 0. The van der Waals surface area contributed by atoms with Gasteiger partial charge in [0.2, 0.25) is 0 Å². The number of fused-ring (bicyclic) bond motifs is 7. The highest BCUT2D eigenvalue weighted by Crippen LogP contribution is 2.55. The predicted molar refractivity (Wildman–Crippen MR) is 220 cm³/mol. The molecule has 2 heteroatoms. The first-order valence-corrected chi connectivity index (χ1v) is 19.4. The van der Waals surface area contributed by atoms with Crippen LogP contribution in [0.4, 0.5) is 17.1 Å². The maximum atomic E-state index is 2.57. The molecule has 0 atom stereocenters. The van der Waals surface area contributed by atoms with Crippen molar-refractivity contribution in [1.29, 1.82) is 0 Å².